The van der Waals surface area contributed by atoms with E-state index in [9.17, 15) is 9.59 Å². The van der Waals surface area contributed by atoms with E-state index in [1.807, 2.05) is 72.8 Å². The van der Waals surface area contributed by atoms with Crippen LogP contribution in [-0.2, 0) is 29.0 Å². The largest absolute Gasteiger partial charge is 0.357 e. The second kappa shape index (κ2) is 10.6. The molecule has 2 amide bonds. The summed E-state index contributed by atoms with van der Waals surface area (Å²) >= 11 is 5.97. The average molecular weight is 421 g/mol. The van der Waals surface area contributed by atoms with E-state index in [1.165, 1.54) is 0 Å². The van der Waals surface area contributed by atoms with Crippen molar-refractivity contribution in [1.29, 1.82) is 0 Å². The number of carbonyl (C=O) groups excluding carboxylic acids is 2. The monoisotopic (exact) mass is 420 g/mol. The van der Waals surface area contributed by atoms with Gasteiger partial charge in [0.2, 0.25) is 11.8 Å². The van der Waals surface area contributed by atoms with Crippen LogP contribution >= 0.6 is 11.6 Å². The van der Waals surface area contributed by atoms with E-state index in [0.29, 0.717) is 18.0 Å². The van der Waals surface area contributed by atoms with Crippen molar-refractivity contribution in [1.82, 2.24) is 10.2 Å². The molecule has 1 N–H and O–H groups in total. The van der Waals surface area contributed by atoms with Crippen LogP contribution in [0.1, 0.15) is 16.7 Å². The highest BCUT2D eigenvalue weighted by molar-refractivity contribution is 6.30. The molecule has 0 unspecified atom stereocenters. The summed E-state index contributed by atoms with van der Waals surface area (Å²) in [4.78, 5) is 27.9. The standard InChI is InChI=1S/C25H25ClN2O2/c1-27-25(30)23(16-19-8-4-2-5-9-19)28(18-21-10-6-3-7-11-21)24(29)17-20-12-14-22(26)15-13-20/h2-15,23H,16-18H2,1H3,(H,27,30)/t23-/m0/s1. The number of carbonyl (C=O) groups is 2. The van der Waals surface area contributed by atoms with E-state index in [4.69, 9.17) is 11.6 Å². The van der Waals surface area contributed by atoms with Gasteiger partial charge in [-0.15, -0.1) is 0 Å². The summed E-state index contributed by atoms with van der Waals surface area (Å²) in [6.45, 7) is 0.359. The summed E-state index contributed by atoms with van der Waals surface area (Å²) in [6, 6.07) is 26.1. The van der Waals surface area contributed by atoms with Crippen LogP contribution in [0, 0.1) is 0 Å². The molecule has 0 heterocycles. The third kappa shape index (κ3) is 5.94. The van der Waals surface area contributed by atoms with Crippen LogP contribution in [0.4, 0.5) is 0 Å². The van der Waals surface area contributed by atoms with Crippen LogP contribution in [0.5, 0.6) is 0 Å². The first-order valence-electron chi connectivity index (χ1n) is 9.90. The van der Waals surface area contributed by atoms with Crippen molar-refractivity contribution in [3.05, 3.63) is 107 Å². The zero-order valence-corrected chi connectivity index (χ0v) is 17.7. The first-order valence-corrected chi connectivity index (χ1v) is 10.3. The van der Waals surface area contributed by atoms with E-state index >= 15 is 0 Å². The zero-order valence-electron chi connectivity index (χ0n) is 16.9. The molecular weight excluding hydrogens is 396 g/mol. The van der Waals surface area contributed by atoms with Gasteiger partial charge in [0.25, 0.3) is 0 Å². The average Bonchev–Trinajstić information content (AvgIpc) is 2.78. The maximum absolute atomic E-state index is 13.4. The Balaban J connectivity index is 1.91. The lowest BCUT2D eigenvalue weighted by molar-refractivity contribution is -0.140. The number of likely N-dealkylation sites (N-methyl/N-ethyl adjacent to an activating group) is 1. The molecular formula is C25H25ClN2O2. The second-order valence-electron chi connectivity index (χ2n) is 7.13. The van der Waals surface area contributed by atoms with E-state index in [-0.39, 0.29) is 18.2 Å². The summed E-state index contributed by atoms with van der Waals surface area (Å²) in [6.07, 6.45) is 0.645. The maximum Gasteiger partial charge on any atom is 0.242 e. The molecule has 5 heteroatoms. The molecule has 4 nitrogen and oxygen atoms in total. The SMILES string of the molecule is CNC(=O)[C@H](Cc1ccccc1)N(Cc1ccccc1)C(=O)Cc1ccc(Cl)cc1. The third-order valence-corrected chi connectivity index (χ3v) is 5.23. The van der Waals surface area contributed by atoms with Gasteiger partial charge < -0.3 is 10.2 Å². The molecule has 1 atom stereocenters. The first kappa shape index (κ1) is 21.6. The minimum Gasteiger partial charge on any atom is -0.357 e. The molecule has 0 spiro atoms. The van der Waals surface area contributed by atoms with Gasteiger partial charge >= 0.3 is 0 Å². The lowest BCUT2D eigenvalue weighted by atomic mass is 10.0. The van der Waals surface area contributed by atoms with Crippen molar-refractivity contribution in [3.63, 3.8) is 0 Å². The quantitative estimate of drug-likeness (QED) is 0.591. The molecule has 0 fully saturated rings. The van der Waals surface area contributed by atoms with E-state index in [0.717, 1.165) is 16.7 Å². The molecule has 154 valence electrons. The Hall–Kier alpha value is -3.11. The number of hydrogen-bond acceptors (Lipinski definition) is 2. The number of nitrogens with one attached hydrogen (secondary N) is 1. The van der Waals surface area contributed by atoms with Gasteiger partial charge in [0.1, 0.15) is 6.04 Å². The van der Waals surface area contributed by atoms with Crippen LogP contribution in [0.25, 0.3) is 0 Å². The van der Waals surface area contributed by atoms with E-state index < -0.39 is 6.04 Å². The Morgan fingerprint density at radius 3 is 1.97 bits per heavy atom. The fourth-order valence-electron chi connectivity index (χ4n) is 3.38. The predicted octanol–water partition coefficient (Wildman–Crippen LogP) is 4.27. The van der Waals surface area contributed by atoms with Gasteiger partial charge in [-0.1, -0.05) is 84.4 Å². The van der Waals surface area contributed by atoms with Crippen LogP contribution in [-0.4, -0.2) is 29.8 Å². The molecule has 0 aromatic heterocycles. The van der Waals surface area contributed by atoms with Gasteiger partial charge in [-0.3, -0.25) is 9.59 Å². The molecule has 0 aliphatic rings. The van der Waals surface area contributed by atoms with E-state index in [2.05, 4.69) is 5.32 Å². The number of halogens is 1. The number of nitrogens with zero attached hydrogens (tertiary/aromatic N) is 1. The Morgan fingerprint density at radius 2 is 1.40 bits per heavy atom. The molecule has 0 aliphatic carbocycles. The van der Waals surface area contributed by atoms with Gasteiger partial charge in [0.05, 0.1) is 6.42 Å². The van der Waals surface area contributed by atoms with Crippen LogP contribution in [0.3, 0.4) is 0 Å². The third-order valence-electron chi connectivity index (χ3n) is 4.98. The molecule has 3 aromatic carbocycles. The molecule has 0 saturated carbocycles. The highest BCUT2D eigenvalue weighted by atomic mass is 35.5. The van der Waals surface area contributed by atoms with Crippen molar-refractivity contribution >= 4 is 23.4 Å². The second-order valence-corrected chi connectivity index (χ2v) is 7.57. The Morgan fingerprint density at radius 1 is 0.833 bits per heavy atom. The summed E-state index contributed by atoms with van der Waals surface area (Å²) in [5.41, 5.74) is 2.84. The zero-order chi connectivity index (χ0) is 21.3. The molecule has 0 aliphatic heterocycles. The van der Waals surface area contributed by atoms with Crippen LogP contribution < -0.4 is 5.32 Å². The van der Waals surface area contributed by atoms with Crippen LogP contribution in [0.15, 0.2) is 84.9 Å². The van der Waals surface area contributed by atoms with Crippen molar-refractivity contribution in [3.8, 4) is 0 Å². The van der Waals surface area contributed by atoms with Crippen molar-refractivity contribution in [2.24, 2.45) is 0 Å². The minimum atomic E-state index is -0.614. The van der Waals surface area contributed by atoms with Gasteiger partial charge in [0.15, 0.2) is 0 Å². The number of amides is 2. The molecule has 3 aromatic rings. The minimum absolute atomic E-state index is 0.106. The van der Waals surface area contributed by atoms with Crippen molar-refractivity contribution in [2.45, 2.75) is 25.4 Å². The smallest absolute Gasteiger partial charge is 0.242 e. The molecule has 0 saturated heterocycles. The first-order chi connectivity index (χ1) is 14.6. The highest BCUT2D eigenvalue weighted by Crippen LogP contribution is 2.17. The molecule has 0 bridgehead atoms. The highest BCUT2D eigenvalue weighted by Gasteiger charge is 2.29. The van der Waals surface area contributed by atoms with Gasteiger partial charge in [-0.2, -0.15) is 0 Å². The van der Waals surface area contributed by atoms with Crippen molar-refractivity contribution in [2.75, 3.05) is 7.05 Å². The topological polar surface area (TPSA) is 49.4 Å². The Bertz CT molecular complexity index is 959. The maximum atomic E-state index is 13.4. The summed E-state index contributed by atoms with van der Waals surface area (Å²) in [5, 5.41) is 3.35. The summed E-state index contributed by atoms with van der Waals surface area (Å²) in [7, 11) is 1.60. The van der Waals surface area contributed by atoms with Gasteiger partial charge in [0, 0.05) is 25.0 Å². The lowest BCUT2D eigenvalue weighted by Gasteiger charge is -2.31. The fourth-order valence-corrected chi connectivity index (χ4v) is 3.51. The summed E-state index contributed by atoms with van der Waals surface area (Å²) in [5.74, 6) is -0.287. The normalized spacial score (nSPS) is 11.5. The van der Waals surface area contributed by atoms with Crippen molar-refractivity contribution < 1.29 is 9.59 Å². The molecule has 30 heavy (non-hydrogen) atoms. The molecule has 3 rings (SSSR count). The number of benzene rings is 3. The number of rotatable bonds is 8. The fraction of sp³-hybridized carbons (Fsp3) is 0.200. The van der Waals surface area contributed by atoms with Gasteiger partial charge in [-0.25, -0.2) is 0 Å². The Labute approximate surface area is 182 Å². The van der Waals surface area contributed by atoms with Crippen LogP contribution in [0.2, 0.25) is 5.02 Å². The number of hydrogen-bond donors (Lipinski definition) is 1. The summed E-state index contributed by atoms with van der Waals surface area (Å²) < 4.78 is 0. The predicted molar refractivity (Wildman–Crippen MR) is 120 cm³/mol. The van der Waals surface area contributed by atoms with Gasteiger partial charge in [-0.05, 0) is 28.8 Å². The lowest BCUT2D eigenvalue weighted by Crippen LogP contribution is -2.50. The Kier molecular flexibility index (Phi) is 7.63. The molecule has 0 radical (unpaired) electrons. The van der Waals surface area contributed by atoms with E-state index in [1.54, 1.807) is 24.1 Å².